The normalized spacial score (nSPS) is 15.7. The van der Waals surface area contributed by atoms with Crippen LogP contribution in [0.1, 0.15) is 103 Å². The van der Waals surface area contributed by atoms with Crippen molar-refractivity contribution >= 4 is 12.3 Å². The predicted molar refractivity (Wildman–Crippen MR) is 98.9 cm³/mol. The van der Waals surface area contributed by atoms with Gasteiger partial charge < -0.3 is 9.53 Å². The van der Waals surface area contributed by atoms with Gasteiger partial charge in [-0.3, -0.25) is 4.79 Å². The molecule has 3 heteroatoms. The Morgan fingerprint density at radius 3 is 2.42 bits per heavy atom. The number of carbonyl (C=O) groups excluding carboxylic acids is 2. The lowest BCUT2D eigenvalue weighted by atomic mass is 9.78. The number of hydrogen-bond donors (Lipinski definition) is 0. The second kappa shape index (κ2) is 14.5. The van der Waals surface area contributed by atoms with Gasteiger partial charge in [0, 0.05) is 6.42 Å². The van der Waals surface area contributed by atoms with Crippen molar-refractivity contribution in [2.75, 3.05) is 6.61 Å². The molecule has 0 aromatic carbocycles. The Hall–Kier alpha value is -0.860. The zero-order valence-corrected chi connectivity index (χ0v) is 15.8. The van der Waals surface area contributed by atoms with Gasteiger partial charge in [0.15, 0.2) is 0 Å². The lowest BCUT2D eigenvalue weighted by Gasteiger charge is -2.28. The summed E-state index contributed by atoms with van der Waals surface area (Å²) in [6.07, 6.45) is 18.0. The first kappa shape index (κ1) is 21.2. The first-order valence-corrected chi connectivity index (χ1v) is 10.4. The highest BCUT2D eigenvalue weighted by atomic mass is 16.5. The van der Waals surface area contributed by atoms with Crippen molar-refractivity contribution in [2.45, 2.75) is 103 Å². The number of esters is 1. The van der Waals surface area contributed by atoms with Gasteiger partial charge in [-0.2, -0.15) is 0 Å². The smallest absolute Gasteiger partial charge is 0.308 e. The highest BCUT2D eigenvalue weighted by molar-refractivity contribution is 5.72. The van der Waals surface area contributed by atoms with E-state index in [2.05, 4.69) is 6.92 Å². The maximum atomic E-state index is 12.4. The molecule has 1 rings (SSSR count). The molecule has 0 spiro atoms. The van der Waals surface area contributed by atoms with Crippen LogP contribution in [0.5, 0.6) is 0 Å². The van der Waals surface area contributed by atoms with Gasteiger partial charge in [0.2, 0.25) is 0 Å². The number of unbranched alkanes of at least 4 members (excludes halogenated alkanes) is 8. The second-order valence-electron chi connectivity index (χ2n) is 7.47. The Morgan fingerprint density at radius 2 is 1.75 bits per heavy atom. The molecule has 0 saturated heterocycles. The summed E-state index contributed by atoms with van der Waals surface area (Å²) in [6, 6.07) is 0. The monoisotopic (exact) mass is 338 g/mol. The third kappa shape index (κ3) is 10.1. The molecule has 0 heterocycles. The fraction of sp³-hybridized carbons (Fsp3) is 0.905. The fourth-order valence-corrected chi connectivity index (χ4v) is 3.43. The maximum absolute atomic E-state index is 12.4. The quantitative estimate of drug-likeness (QED) is 0.201. The van der Waals surface area contributed by atoms with Crippen molar-refractivity contribution in [2.24, 2.45) is 11.8 Å². The molecule has 0 bridgehead atoms. The Morgan fingerprint density at radius 1 is 1.04 bits per heavy atom. The summed E-state index contributed by atoms with van der Waals surface area (Å²) in [5.74, 6) is 0.914. The summed E-state index contributed by atoms with van der Waals surface area (Å²) < 4.78 is 5.52. The van der Waals surface area contributed by atoms with Gasteiger partial charge in [-0.1, -0.05) is 64.7 Å². The first-order valence-electron chi connectivity index (χ1n) is 10.4. The molecule has 1 fully saturated rings. The van der Waals surface area contributed by atoms with Gasteiger partial charge in [0.25, 0.3) is 0 Å². The van der Waals surface area contributed by atoms with E-state index in [0.717, 1.165) is 50.7 Å². The molecule has 0 aliphatic heterocycles. The Balaban J connectivity index is 2.18. The summed E-state index contributed by atoms with van der Waals surface area (Å²) >= 11 is 0. The summed E-state index contributed by atoms with van der Waals surface area (Å²) in [7, 11) is 0. The van der Waals surface area contributed by atoms with E-state index in [4.69, 9.17) is 4.74 Å². The zero-order chi connectivity index (χ0) is 17.5. The van der Waals surface area contributed by atoms with E-state index in [1.54, 1.807) is 0 Å². The third-order valence-corrected chi connectivity index (χ3v) is 5.29. The van der Waals surface area contributed by atoms with Crippen LogP contribution >= 0.6 is 0 Å². The van der Waals surface area contributed by atoms with Gasteiger partial charge in [-0.25, -0.2) is 0 Å². The van der Waals surface area contributed by atoms with Gasteiger partial charge in [0.05, 0.1) is 12.5 Å². The Kier molecular flexibility index (Phi) is 12.8. The van der Waals surface area contributed by atoms with Crippen LogP contribution in [0.3, 0.4) is 0 Å². The average molecular weight is 339 g/mol. The van der Waals surface area contributed by atoms with E-state index in [0.29, 0.717) is 13.0 Å². The molecule has 0 N–H and O–H groups in total. The standard InChI is InChI=1S/C21H38O3/c1-2-3-4-5-6-9-15-20(18-19-13-12-14-19)21(23)24-17-11-8-7-10-16-22/h16,19-20H,2-15,17-18H2,1H3. The second-order valence-corrected chi connectivity index (χ2v) is 7.47. The SMILES string of the molecule is CCCCCCCCC(CC1CCC1)C(=O)OCCCCCC=O. The molecule has 3 nitrogen and oxygen atoms in total. The number of hydrogen-bond acceptors (Lipinski definition) is 3. The van der Waals surface area contributed by atoms with Crippen LogP contribution in [0.2, 0.25) is 0 Å². The van der Waals surface area contributed by atoms with Crippen molar-refractivity contribution in [3.63, 3.8) is 0 Å². The minimum Gasteiger partial charge on any atom is -0.465 e. The lowest BCUT2D eigenvalue weighted by Crippen LogP contribution is -2.24. The van der Waals surface area contributed by atoms with E-state index in [1.807, 2.05) is 0 Å². The van der Waals surface area contributed by atoms with Crippen LogP contribution in [0.4, 0.5) is 0 Å². The highest BCUT2D eigenvalue weighted by Crippen LogP contribution is 2.34. The molecule has 0 aromatic rings. The van der Waals surface area contributed by atoms with E-state index < -0.39 is 0 Å². The molecule has 1 aliphatic rings. The van der Waals surface area contributed by atoms with Crippen LogP contribution in [0, 0.1) is 11.8 Å². The van der Waals surface area contributed by atoms with Crippen molar-refractivity contribution in [3.8, 4) is 0 Å². The summed E-state index contributed by atoms with van der Waals surface area (Å²) in [4.78, 5) is 22.7. The third-order valence-electron chi connectivity index (χ3n) is 5.29. The van der Waals surface area contributed by atoms with E-state index >= 15 is 0 Å². The summed E-state index contributed by atoms with van der Waals surface area (Å²) in [5.41, 5.74) is 0. The van der Waals surface area contributed by atoms with E-state index in [9.17, 15) is 9.59 Å². The highest BCUT2D eigenvalue weighted by Gasteiger charge is 2.27. The summed E-state index contributed by atoms with van der Waals surface area (Å²) in [5, 5.41) is 0. The van der Waals surface area contributed by atoms with Crippen LogP contribution < -0.4 is 0 Å². The molecule has 0 amide bonds. The van der Waals surface area contributed by atoms with Crippen molar-refractivity contribution in [1.82, 2.24) is 0 Å². The topological polar surface area (TPSA) is 43.4 Å². The first-order chi connectivity index (χ1) is 11.8. The largest absolute Gasteiger partial charge is 0.465 e. The van der Waals surface area contributed by atoms with Crippen molar-refractivity contribution in [1.29, 1.82) is 0 Å². The fourth-order valence-electron chi connectivity index (χ4n) is 3.43. The predicted octanol–water partition coefficient (Wildman–Crippen LogP) is 5.85. The summed E-state index contributed by atoms with van der Waals surface area (Å²) in [6.45, 7) is 2.76. The zero-order valence-electron chi connectivity index (χ0n) is 15.8. The Bertz CT molecular complexity index is 323. The number of aldehydes is 1. The van der Waals surface area contributed by atoms with Crippen molar-refractivity contribution < 1.29 is 14.3 Å². The molecule has 1 unspecified atom stereocenters. The molecule has 1 saturated carbocycles. The van der Waals surface area contributed by atoms with Crippen LogP contribution in [0.25, 0.3) is 0 Å². The van der Waals surface area contributed by atoms with Gasteiger partial charge in [0.1, 0.15) is 6.29 Å². The van der Waals surface area contributed by atoms with Crippen molar-refractivity contribution in [3.05, 3.63) is 0 Å². The molecular weight excluding hydrogens is 300 g/mol. The molecule has 1 aliphatic carbocycles. The van der Waals surface area contributed by atoms with Gasteiger partial charge >= 0.3 is 5.97 Å². The van der Waals surface area contributed by atoms with Crippen LogP contribution in [-0.2, 0) is 14.3 Å². The molecule has 0 radical (unpaired) electrons. The minimum absolute atomic E-state index is 0.0332. The lowest BCUT2D eigenvalue weighted by molar-refractivity contribution is -0.150. The Labute approximate surface area is 148 Å². The number of rotatable bonds is 16. The number of ether oxygens (including phenoxy) is 1. The molecule has 1 atom stereocenters. The molecule has 140 valence electrons. The molecule has 0 aromatic heterocycles. The van der Waals surface area contributed by atoms with Crippen LogP contribution in [-0.4, -0.2) is 18.9 Å². The average Bonchev–Trinajstić information content (AvgIpc) is 2.54. The molecule has 24 heavy (non-hydrogen) atoms. The van der Waals surface area contributed by atoms with Gasteiger partial charge in [-0.15, -0.1) is 0 Å². The van der Waals surface area contributed by atoms with E-state index in [-0.39, 0.29) is 11.9 Å². The number of carbonyl (C=O) groups is 2. The maximum Gasteiger partial charge on any atom is 0.308 e. The minimum atomic E-state index is 0.0332. The van der Waals surface area contributed by atoms with Crippen LogP contribution in [0.15, 0.2) is 0 Å². The van der Waals surface area contributed by atoms with Gasteiger partial charge in [-0.05, 0) is 38.0 Å². The van der Waals surface area contributed by atoms with E-state index in [1.165, 1.54) is 51.4 Å². The molecular formula is C21H38O3.